The molecule has 2 heterocycles. The summed E-state index contributed by atoms with van der Waals surface area (Å²) in [7, 11) is 1.82. The van der Waals surface area contributed by atoms with Gasteiger partial charge in [0.15, 0.2) is 5.96 Å². The van der Waals surface area contributed by atoms with E-state index in [1.807, 2.05) is 18.4 Å². The van der Waals surface area contributed by atoms with Gasteiger partial charge in [-0.05, 0) is 24.6 Å². The third-order valence-electron chi connectivity index (χ3n) is 4.58. The van der Waals surface area contributed by atoms with Gasteiger partial charge in [-0.25, -0.2) is 0 Å². The maximum absolute atomic E-state index is 5.53. The summed E-state index contributed by atoms with van der Waals surface area (Å²) in [4.78, 5) is 9.52. The number of thiophene rings is 1. The predicted octanol–water partition coefficient (Wildman–Crippen LogP) is 3.41. The fraction of sp³-hybridized carbons (Fsp3) is 0.450. The van der Waals surface area contributed by atoms with Crippen molar-refractivity contribution in [2.24, 2.45) is 4.99 Å². The van der Waals surface area contributed by atoms with Gasteiger partial charge < -0.3 is 15.4 Å². The molecule has 1 fully saturated rings. The quantitative estimate of drug-likeness (QED) is 0.363. The Morgan fingerprint density at radius 2 is 1.89 bits per heavy atom. The minimum absolute atomic E-state index is 0. The Bertz CT molecular complexity index is 701. The van der Waals surface area contributed by atoms with Crippen LogP contribution in [0.15, 0.2) is 47.5 Å². The van der Waals surface area contributed by atoms with Crippen LogP contribution in [0.1, 0.15) is 21.4 Å². The van der Waals surface area contributed by atoms with Crippen LogP contribution in [0.2, 0.25) is 0 Å². The van der Waals surface area contributed by atoms with Gasteiger partial charge in [0, 0.05) is 36.4 Å². The zero-order chi connectivity index (χ0) is 18.2. The molecule has 2 aromatic rings. The molecule has 1 aliphatic rings. The molecule has 7 heteroatoms. The number of halogens is 1. The lowest BCUT2D eigenvalue weighted by Crippen LogP contribution is -2.46. The molecule has 0 amide bonds. The van der Waals surface area contributed by atoms with Crippen molar-refractivity contribution in [3.8, 4) is 0 Å². The first-order valence-corrected chi connectivity index (χ1v) is 9.94. The molecule has 1 aromatic heterocycles. The molecule has 148 valence electrons. The number of benzene rings is 1. The van der Waals surface area contributed by atoms with Gasteiger partial charge in [-0.15, -0.1) is 35.3 Å². The third kappa shape index (κ3) is 6.74. The van der Waals surface area contributed by atoms with E-state index in [4.69, 9.17) is 4.74 Å². The monoisotopic (exact) mass is 500 g/mol. The van der Waals surface area contributed by atoms with Gasteiger partial charge in [-0.2, -0.15) is 0 Å². The molecule has 27 heavy (non-hydrogen) atoms. The molecule has 0 spiro atoms. The minimum Gasteiger partial charge on any atom is -0.379 e. The highest BCUT2D eigenvalue weighted by Gasteiger charge is 2.22. The van der Waals surface area contributed by atoms with Crippen LogP contribution < -0.4 is 10.6 Å². The summed E-state index contributed by atoms with van der Waals surface area (Å²) in [6.07, 6.45) is 0. The molecule has 1 aliphatic heterocycles. The molecule has 0 bridgehead atoms. The zero-order valence-electron chi connectivity index (χ0n) is 16.0. The predicted molar refractivity (Wildman–Crippen MR) is 124 cm³/mol. The highest BCUT2D eigenvalue weighted by Crippen LogP contribution is 2.21. The molecule has 1 saturated heterocycles. The molecule has 0 radical (unpaired) electrons. The molecule has 3 rings (SSSR count). The Morgan fingerprint density at radius 3 is 2.52 bits per heavy atom. The number of aryl methyl sites for hydroxylation is 1. The standard InChI is InChI=1S/C20H28N4OS.HI/c1-16-8-9-18(26-16)14-22-20(21-2)23-15-19(17-6-4-3-5-7-17)24-10-12-25-13-11-24;/h3-9,19H,10-15H2,1-2H3,(H2,21,22,23);1H. The molecule has 1 atom stereocenters. The number of hydrogen-bond donors (Lipinski definition) is 2. The molecular formula is C20H29IN4OS. The summed E-state index contributed by atoms with van der Waals surface area (Å²) in [5, 5.41) is 6.92. The van der Waals surface area contributed by atoms with E-state index in [0.717, 1.165) is 45.4 Å². The van der Waals surface area contributed by atoms with Crippen molar-refractivity contribution in [3.63, 3.8) is 0 Å². The van der Waals surface area contributed by atoms with Crippen molar-refractivity contribution in [1.29, 1.82) is 0 Å². The number of rotatable bonds is 6. The molecule has 1 aromatic carbocycles. The fourth-order valence-electron chi connectivity index (χ4n) is 3.19. The van der Waals surface area contributed by atoms with Crippen molar-refractivity contribution < 1.29 is 4.74 Å². The number of guanidine groups is 1. The van der Waals surface area contributed by atoms with E-state index in [0.29, 0.717) is 6.04 Å². The van der Waals surface area contributed by atoms with Crippen LogP contribution in [-0.4, -0.2) is 50.8 Å². The van der Waals surface area contributed by atoms with E-state index in [1.165, 1.54) is 15.3 Å². The zero-order valence-corrected chi connectivity index (χ0v) is 19.1. The summed E-state index contributed by atoms with van der Waals surface area (Å²) < 4.78 is 5.53. The Labute approximate surface area is 183 Å². The minimum atomic E-state index is 0. The molecule has 0 saturated carbocycles. The molecule has 1 unspecified atom stereocenters. The van der Waals surface area contributed by atoms with Crippen LogP contribution in [0.5, 0.6) is 0 Å². The van der Waals surface area contributed by atoms with Crippen molar-refractivity contribution >= 4 is 41.3 Å². The van der Waals surface area contributed by atoms with E-state index in [9.17, 15) is 0 Å². The molecule has 0 aliphatic carbocycles. The molecular weight excluding hydrogens is 471 g/mol. The fourth-order valence-corrected chi connectivity index (χ4v) is 4.02. The van der Waals surface area contributed by atoms with E-state index >= 15 is 0 Å². The Hall–Kier alpha value is -1.16. The SMILES string of the molecule is CN=C(NCc1ccc(C)s1)NCC(c1ccccc1)N1CCOCC1.I. The van der Waals surface area contributed by atoms with Gasteiger partial charge in [0.25, 0.3) is 0 Å². The van der Waals surface area contributed by atoms with Crippen LogP contribution >= 0.6 is 35.3 Å². The molecule has 5 nitrogen and oxygen atoms in total. The van der Waals surface area contributed by atoms with Crippen LogP contribution in [0.4, 0.5) is 0 Å². The van der Waals surface area contributed by atoms with Crippen molar-refractivity contribution in [1.82, 2.24) is 15.5 Å². The molecule has 2 N–H and O–H groups in total. The highest BCUT2D eigenvalue weighted by atomic mass is 127. The first-order valence-electron chi connectivity index (χ1n) is 9.13. The number of nitrogens with zero attached hydrogens (tertiary/aromatic N) is 2. The first kappa shape index (κ1) is 22.1. The Kier molecular flexibility index (Phi) is 9.53. The maximum Gasteiger partial charge on any atom is 0.191 e. The number of hydrogen-bond acceptors (Lipinski definition) is 4. The summed E-state index contributed by atoms with van der Waals surface area (Å²) in [5.41, 5.74) is 1.33. The van der Waals surface area contributed by atoms with E-state index < -0.39 is 0 Å². The van der Waals surface area contributed by atoms with Crippen LogP contribution in [0.3, 0.4) is 0 Å². The average molecular weight is 500 g/mol. The van der Waals surface area contributed by atoms with Gasteiger partial charge in [-0.3, -0.25) is 9.89 Å². The van der Waals surface area contributed by atoms with Crippen molar-refractivity contribution in [2.45, 2.75) is 19.5 Å². The topological polar surface area (TPSA) is 48.9 Å². The summed E-state index contributed by atoms with van der Waals surface area (Å²) in [5.74, 6) is 0.838. The van der Waals surface area contributed by atoms with E-state index in [1.54, 1.807) is 0 Å². The van der Waals surface area contributed by atoms with Crippen molar-refractivity contribution in [2.75, 3.05) is 39.9 Å². The van der Waals surface area contributed by atoms with Crippen LogP contribution in [0, 0.1) is 6.92 Å². The smallest absolute Gasteiger partial charge is 0.191 e. The second-order valence-corrected chi connectivity index (χ2v) is 7.77. The third-order valence-corrected chi connectivity index (χ3v) is 5.58. The van der Waals surface area contributed by atoms with Gasteiger partial charge in [-0.1, -0.05) is 30.3 Å². The normalized spacial score (nSPS) is 16.4. The number of morpholine rings is 1. The largest absolute Gasteiger partial charge is 0.379 e. The van der Waals surface area contributed by atoms with Crippen molar-refractivity contribution in [3.05, 3.63) is 57.8 Å². The summed E-state index contributed by atoms with van der Waals surface area (Å²) in [6, 6.07) is 15.3. The Balaban J connectivity index is 0.00000261. The maximum atomic E-state index is 5.53. The lowest BCUT2D eigenvalue weighted by molar-refractivity contribution is 0.0170. The lowest BCUT2D eigenvalue weighted by atomic mass is 10.0. The van der Waals surface area contributed by atoms with Gasteiger partial charge >= 0.3 is 0 Å². The second-order valence-electron chi connectivity index (χ2n) is 6.39. The second kappa shape index (κ2) is 11.6. The highest BCUT2D eigenvalue weighted by molar-refractivity contribution is 14.0. The van der Waals surface area contributed by atoms with Crippen LogP contribution in [-0.2, 0) is 11.3 Å². The summed E-state index contributed by atoms with van der Waals surface area (Å²) in [6.45, 7) is 7.26. The lowest BCUT2D eigenvalue weighted by Gasteiger charge is -2.35. The van der Waals surface area contributed by atoms with Gasteiger partial charge in [0.05, 0.1) is 25.8 Å². The summed E-state index contributed by atoms with van der Waals surface area (Å²) >= 11 is 1.82. The van der Waals surface area contributed by atoms with Gasteiger partial charge in [0.1, 0.15) is 0 Å². The number of ether oxygens (including phenoxy) is 1. The Morgan fingerprint density at radius 1 is 1.15 bits per heavy atom. The number of nitrogens with one attached hydrogen (secondary N) is 2. The van der Waals surface area contributed by atoms with Gasteiger partial charge in [0.2, 0.25) is 0 Å². The van der Waals surface area contributed by atoms with Crippen LogP contribution in [0.25, 0.3) is 0 Å². The number of aliphatic imine (C=N–C) groups is 1. The average Bonchev–Trinajstić information content (AvgIpc) is 3.11. The van der Waals surface area contributed by atoms with E-state index in [2.05, 4.69) is 69.9 Å². The first-order chi connectivity index (χ1) is 12.8. The van der Waals surface area contributed by atoms with E-state index in [-0.39, 0.29) is 24.0 Å².